The minimum absolute atomic E-state index is 0.664. The van der Waals surface area contributed by atoms with E-state index in [-0.39, 0.29) is 0 Å². The molecular formula is C16H23NO. The van der Waals surface area contributed by atoms with E-state index in [4.69, 9.17) is 4.74 Å². The maximum absolute atomic E-state index is 5.58. The number of anilines is 1. The van der Waals surface area contributed by atoms with Gasteiger partial charge in [-0.1, -0.05) is 19.3 Å². The van der Waals surface area contributed by atoms with E-state index >= 15 is 0 Å². The van der Waals surface area contributed by atoms with Crippen LogP contribution in [0.1, 0.15) is 44.6 Å². The van der Waals surface area contributed by atoms with Crippen molar-refractivity contribution in [3.8, 4) is 5.75 Å². The molecule has 0 spiro atoms. The maximum atomic E-state index is 5.58. The molecule has 2 aliphatic rings. The third-order valence-electron chi connectivity index (χ3n) is 4.39. The summed E-state index contributed by atoms with van der Waals surface area (Å²) in [6.45, 7) is 2.79. The topological polar surface area (TPSA) is 21.3 Å². The van der Waals surface area contributed by atoms with Gasteiger partial charge >= 0.3 is 0 Å². The van der Waals surface area contributed by atoms with E-state index in [0.717, 1.165) is 18.3 Å². The molecule has 3 rings (SSSR count). The van der Waals surface area contributed by atoms with Crippen molar-refractivity contribution in [2.24, 2.45) is 5.92 Å². The molecule has 0 aromatic heterocycles. The van der Waals surface area contributed by atoms with Gasteiger partial charge < -0.3 is 10.1 Å². The third kappa shape index (κ3) is 2.33. The molecule has 2 nitrogen and oxygen atoms in total. The van der Waals surface area contributed by atoms with Crippen molar-refractivity contribution in [3.63, 3.8) is 0 Å². The van der Waals surface area contributed by atoms with E-state index in [1.54, 1.807) is 0 Å². The van der Waals surface area contributed by atoms with Crippen LogP contribution >= 0.6 is 0 Å². The van der Waals surface area contributed by atoms with Crippen LogP contribution < -0.4 is 10.1 Å². The van der Waals surface area contributed by atoms with Gasteiger partial charge in [0.2, 0.25) is 0 Å². The number of hydrogen-bond acceptors (Lipinski definition) is 2. The number of benzene rings is 1. The fraction of sp³-hybridized carbons (Fsp3) is 0.625. The summed E-state index contributed by atoms with van der Waals surface area (Å²) in [5.41, 5.74) is 2.77. The van der Waals surface area contributed by atoms with Crippen LogP contribution in [0.15, 0.2) is 18.2 Å². The number of fused-ring (bicyclic) bond motifs is 1. The Hall–Kier alpha value is -1.18. The normalized spacial score (nSPS) is 23.5. The average molecular weight is 245 g/mol. The van der Waals surface area contributed by atoms with Crippen molar-refractivity contribution in [1.82, 2.24) is 0 Å². The standard InChI is InChI=1S/C16H23NO/c1-2-18-14-8-9-15-13(10-14)11-16(17-15)12-6-4-3-5-7-12/h8-10,12,16-17H,2-7,11H2,1H3. The van der Waals surface area contributed by atoms with Crippen LogP contribution in [0.3, 0.4) is 0 Å². The maximum Gasteiger partial charge on any atom is 0.119 e. The predicted molar refractivity (Wildman–Crippen MR) is 75.3 cm³/mol. The van der Waals surface area contributed by atoms with Gasteiger partial charge in [0, 0.05) is 11.7 Å². The number of nitrogens with one attached hydrogen (secondary N) is 1. The first-order valence-electron chi connectivity index (χ1n) is 7.39. The van der Waals surface area contributed by atoms with E-state index in [1.165, 1.54) is 49.8 Å². The number of ether oxygens (including phenoxy) is 1. The molecule has 0 amide bonds. The average Bonchev–Trinajstić information content (AvgIpc) is 2.83. The Morgan fingerprint density at radius 3 is 2.83 bits per heavy atom. The second-order valence-electron chi connectivity index (χ2n) is 5.61. The van der Waals surface area contributed by atoms with Gasteiger partial charge in [-0.05, 0) is 55.9 Å². The summed E-state index contributed by atoms with van der Waals surface area (Å²) < 4.78 is 5.58. The zero-order valence-electron chi connectivity index (χ0n) is 11.2. The largest absolute Gasteiger partial charge is 0.494 e. The second kappa shape index (κ2) is 5.21. The van der Waals surface area contributed by atoms with Crippen molar-refractivity contribution < 1.29 is 4.74 Å². The molecule has 1 aromatic carbocycles. The molecule has 18 heavy (non-hydrogen) atoms. The Labute approximate surface area is 110 Å². The van der Waals surface area contributed by atoms with Gasteiger partial charge in [-0.2, -0.15) is 0 Å². The van der Waals surface area contributed by atoms with Crippen LogP contribution in [0.4, 0.5) is 5.69 Å². The minimum Gasteiger partial charge on any atom is -0.494 e. The van der Waals surface area contributed by atoms with Crippen LogP contribution in [-0.2, 0) is 6.42 Å². The van der Waals surface area contributed by atoms with E-state index in [0.29, 0.717) is 6.04 Å². The Kier molecular flexibility index (Phi) is 3.44. The van der Waals surface area contributed by atoms with Crippen LogP contribution in [0.5, 0.6) is 5.75 Å². The van der Waals surface area contributed by atoms with Gasteiger partial charge in [-0.25, -0.2) is 0 Å². The van der Waals surface area contributed by atoms with E-state index in [2.05, 4.69) is 23.5 Å². The first kappa shape index (κ1) is 11.9. The summed E-state index contributed by atoms with van der Waals surface area (Å²) in [5, 5.41) is 3.72. The molecule has 1 unspecified atom stereocenters. The lowest BCUT2D eigenvalue weighted by atomic mass is 9.83. The van der Waals surface area contributed by atoms with Crippen molar-refractivity contribution in [1.29, 1.82) is 0 Å². The van der Waals surface area contributed by atoms with Gasteiger partial charge in [0.15, 0.2) is 0 Å². The van der Waals surface area contributed by atoms with Crippen LogP contribution in [0, 0.1) is 5.92 Å². The number of hydrogen-bond donors (Lipinski definition) is 1. The Morgan fingerprint density at radius 1 is 1.22 bits per heavy atom. The highest BCUT2D eigenvalue weighted by atomic mass is 16.5. The predicted octanol–water partition coefficient (Wildman–Crippen LogP) is 4.00. The molecule has 1 aromatic rings. The summed E-state index contributed by atoms with van der Waals surface area (Å²) in [7, 11) is 0. The Balaban J connectivity index is 1.70. The molecule has 1 heterocycles. The first-order chi connectivity index (χ1) is 8.86. The first-order valence-corrected chi connectivity index (χ1v) is 7.39. The van der Waals surface area contributed by atoms with Crippen molar-refractivity contribution >= 4 is 5.69 Å². The molecule has 1 atom stereocenters. The van der Waals surface area contributed by atoms with Crippen LogP contribution in [0.2, 0.25) is 0 Å². The lowest BCUT2D eigenvalue weighted by molar-refractivity contribution is 0.321. The van der Waals surface area contributed by atoms with E-state index in [9.17, 15) is 0 Å². The molecule has 1 fully saturated rings. The molecule has 1 saturated carbocycles. The summed E-state index contributed by atoms with van der Waals surface area (Å²) in [4.78, 5) is 0. The minimum atomic E-state index is 0.664. The highest BCUT2D eigenvalue weighted by molar-refractivity contribution is 5.59. The highest BCUT2D eigenvalue weighted by Crippen LogP contribution is 2.36. The molecule has 1 aliphatic heterocycles. The van der Waals surface area contributed by atoms with Crippen LogP contribution in [-0.4, -0.2) is 12.6 Å². The quantitative estimate of drug-likeness (QED) is 0.869. The molecule has 0 saturated heterocycles. The van der Waals surface area contributed by atoms with Crippen molar-refractivity contribution in [2.75, 3.05) is 11.9 Å². The van der Waals surface area contributed by atoms with Crippen molar-refractivity contribution in [2.45, 2.75) is 51.5 Å². The lowest BCUT2D eigenvalue weighted by Gasteiger charge is -2.27. The lowest BCUT2D eigenvalue weighted by Crippen LogP contribution is -2.28. The van der Waals surface area contributed by atoms with Crippen molar-refractivity contribution in [3.05, 3.63) is 23.8 Å². The fourth-order valence-electron chi connectivity index (χ4n) is 3.44. The zero-order valence-corrected chi connectivity index (χ0v) is 11.2. The van der Waals surface area contributed by atoms with Gasteiger partial charge in [0.25, 0.3) is 0 Å². The third-order valence-corrected chi connectivity index (χ3v) is 4.39. The second-order valence-corrected chi connectivity index (χ2v) is 5.61. The van der Waals surface area contributed by atoms with Gasteiger partial charge in [0.1, 0.15) is 5.75 Å². The zero-order chi connectivity index (χ0) is 12.4. The van der Waals surface area contributed by atoms with Gasteiger partial charge in [0.05, 0.1) is 6.61 Å². The summed E-state index contributed by atoms with van der Waals surface area (Å²) in [6.07, 6.45) is 8.27. The van der Waals surface area contributed by atoms with Gasteiger partial charge in [-0.15, -0.1) is 0 Å². The highest BCUT2D eigenvalue weighted by Gasteiger charge is 2.29. The Bertz CT molecular complexity index is 410. The molecule has 2 heteroatoms. The van der Waals surface area contributed by atoms with E-state index in [1.807, 2.05) is 6.92 Å². The summed E-state index contributed by atoms with van der Waals surface area (Å²) in [6, 6.07) is 7.15. The fourth-order valence-corrected chi connectivity index (χ4v) is 3.44. The summed E-state index contributed by atoms with van der Waals surface area (Å²) in [5.74, 6) is 1.89. The SMILES string of the molecule is CCOc1ccc2c(c1)CC(C1CCCCC1)N2. The van der Waals surface area contributed by atoms with E-state index < -0.39 is 0 Å². The molecule has 98 valence electrons. The Morgan fingerprint density at radius 2 is 2.06 bits per heavy atom. The molecule has 0 radical (unpaired) electrons. The molecule has 1 aliphatic carbocycles. The smallest absolute Gasteiger partial charge is 0.119 e. The molecule has 0 bridgehead atoms. The summed E-state index contributed by atoms with van der Waals surface area (Å²) >= 11 is 0. The van der Waals surface area contributed by atoms with Crippen LogP contribution in [0.25, 0.3) is 0 Å². The molecule has 1 N–H and O–H groups in total. The van der Waals surface area contributed by atoms with Gasteiger partial charge in [-0.3, -0.25) is 0 Å². The number of rotatable bonds is 3. The monoisotopic (exact) mass is 245 g/mol. The molecular weight excluding hydrogens is 222 g/mol.